The Labute approximate surface area is 149 Å². The lowest BCUT2D eigenvalue weighted by atomic mass is 9.97. The monoisotopic (exact) mass is 345 g/mol. The van der Waals surface area contributed by atoms with Gasteiger partial charge in [-0.25, -0.2) is 9.97 Å². The standard InChI is InChI=1S/C20H15N3OS/c1-13-17(19(24)23-20-21-11-12-25-20)15-9-5-6-10-16(15)22-18(13)14-7-3-2-4-8-14/h2-12H,1H3,(H,21,23,24). The van der Waals surface area contributed by atoms with E-state index in [1.165, 1.54) is 11.3 Å². The van der Waals surface area contributed by atoms with Crippen LogP contribution in [0.2, 0.25) is 0 Å². The van der Waals surface area contributed by atoms with Gasteiger partial charge < -0.3 is 0 Å². The fourth-order valence-corrected chi connectivity index (χ4v) is 3.45. The number of nitrogens with zero attached hydrogens (tertiary/aromatic N) is 2. The van der Waals surface area contributed by atoms with Crippen LogP contribution in [0.1, 0.15) is 15.9 Å². The van der Waals surface area contributed by atoms with Crippen LogP contribution < -0.4 is 5.32 Å². The van der Waals surface area contributed by atoms with Gasteiger partial charge in [0.1, 0.15) is 0 Å². The zero-order valence-electron chi connectivity index (χ0n) is 13.6. The Hall–Kier alpha value is -3.05. The first-order valence-electron chi connectivity index (χ1n) is 7.89. The third-order valence-electron chi connectivity index (χ3n) is 4.06. The molecule has 2 heterocycles. The molecule has 4 nitrogen and oxygen atoms in total. The van der Waals surface area contributed by atoms with Crippen LogP contribution in [0, 0.1) is 6.92 Å². The number of pyridine rings is 1. The third-order valence-corrected chi connectivity index (χ3v) is 4.75. The first-order valence-corrected chi connectivity index (χ1v) is 8.77. The number of thiazole rings is 1. The number of rotatable bonds is 3. The Morgan fingerprint density at radius 2 is 1.80 bits per heavy atom. The van der Waals surface area contributed by atoms with E-state index < -0.39 is 0 Å². The van der Waals surface area contributed by atoms with Crippen LogP contribution in [0.25, 0.3) is 22.2 Å². The Bertz CT molecular complexity index is 1040. The van der Waals surface area contributed by atoms with E-state index in [4.69, 9.17) is 4.98 Å². The van der Waals surface area contributed by atoms with E-state index >= 15 is 0 Å². The molecule has 5 heteroatoms. The van der Waals surface area contributed by atoms with Crippen molar-refractivity contribution in [2.45, 2.75) is 6.92 Å². The molecule has 2 aromatic heterocycles. The molecule has 0 saturated carbocycles. The molecule has 0 radical (unpaired) electrons. The summed E-state index contributed by atoms with van der Waals surface area (Å²) >= 11 is 1.40. The minimum absolute atomic E-state index is 0.164. The summed E-state index contributed by atoms with van der Waals surface area (Å²) in [5, 5.41) is 6.16. The molecule has 0 spiro atoms. The van der Waals surface area contributed by atoms with Gasteiger partial charge in [0.25, 0.3) is 5.91 Å². The summed E-state index contributed by atoms with van der Waals surface area (Å²) in [5.74, 6) is -0.164. The molecular weight excluding hydrogens is 330 g/mol. The van der Waals surface area contributed by atoms with Gasteiger partial charge in [0.05, 0.1) is 16.8 Å². The highest BCUT2D eigenvalue weighted by molar-refractivity contribution is 7.13. The number of fused-ring (bicyclic) bond motifs is 1. The number of carbonyl (C=O) groups is 1. The predicted octanol–water partition coefficient (Wildman–Crippen LogP) is 4.92. The molecule has 4 aromatic rings. The van der Waals surface area contributed by atoms with E-state index in [2.05, 4.69) is 10.3 Å². The van der Waals surface area contributed by atoms with Crippen molar-refractivity contribution in [1.29, 1.82) is 0 Å². The van der Waals surface area contributed by atoms with Crippen LogP contribution in [0.15, 0.2) is 66.2 Å². The van der Waals surface area contributed by atoms with Crippen molar-refractivity contribution in [3.8, 4) is 11.3 Å². The lowest BCUT2D eigenvalue weighted by Crippen LogP contribution is -2.15. The molecule has 4 rings (SSSR count). The van der Waals surface area contributed by atoms with Crippen molar-refractivity contribution in [3.63, 3.8) is 0 Å². The van der Waals surface area contributed by atoms with Gasteiger partial charge in [-0.3, -0.25) is 10.1 Å². The third kappa shape index (κ3) is 2.90. The second-order valence-corrected chi connectivity index (χ2v) is 6.53. The number of hydrogen-bond acceptors (Lipinski definition) is 4. The van der Waals surface area contributed by atoms with Crippen molar-refractivity contribution in [1.82, 2.24) is 9.97 Å². The van der Waals surface area contributed by atoms with Gasteiger partial charge in [-0.2, -0.15) is 0 Å². The van der Waals surface area contributed by atoms with Gasteiger partial charge in [0, 0.05) is 22.5 Å². The zero-order chi connectivity index (χ0) is 17.2. The number of carbonyl (C=O) groups excluding carboxylic acids is 1. The molecule has 2 aromatic carbocycles. The van der Waals surface area contributed by atoms with E-state index in [1.807, 2.05) is 66.9 Å². The molecule has 1 N–H and O–H groups in total. The van der Waals surface area contributed by atoms with Crippen LogP contribution in [-0.2, 0) is 0 Å². The highest BCUT2D eigenvalue weighted by Gasteiger charge is 2.19. The van der Waals surface area contributed by atoms with Crippen LogP contribution in [0.5, 0.6) is 0 Å². The molecule has 122 valence electrons. The average molecular weight is 345 g/mol. The van der Waals surface area contributed by atoms with Gasteiger partial charge in [-0.05, 0) is 18.6 Å². The van der Waals surface area contributed by atoms with Crippen LogP contribution in [0.4, 0.5) is 5.13 Å². The van der Waals surface area contributed by atoms with E-state index in [0.717, 1.165) is 27.7 Å². The second-order valence-electron chi connectivity index (χ2n) is 5.63. The van der Waals surface area contributed by atoms with Crippen LogP contribution in [0.3, 0.4) is 0 Å². The molecule has 0 aliphatic heterocycles. The fourth-order valence-electron chi connectivity index (χ4n) is 2.92. The minimum Gasteiger partial charge on any atom is -0.298 e. The normalized spacial score (nSPS) is 10.8. The molecule has 0 bridgehead atoms. The molecule has 0 aliphatic rings. The lowest BCUT2D eigenvalue weighted by molar-refractivity contribution is 0.102. The summed E-state index contributed by atoms with van der Waals surface area (Å²) in [4.78, 5) is 21.9. The van der Waals surface area contributed by atoms with E-state index in [1.54, 1.807) is 6.20 Å². The Kier molecular flexibility index (Phi) is 3.99. The van der Waals surface area contributed by atoms with Gasteiger partial charge >= 0.3 is 0 Å². The predicted molar refractivity (Wildman–Crippen MR) is 102 cm³/mol. The maximum absolute atomic E-state index is 13.0. The highest BCUT2D eigenvalue weighted by atomic mass is 32.1. The second kappa shape index (κ2) is 6.45. The summed E-state index contributed by atoms with van der Waals surface area (Å²) in [7, 11) is 0. The Balaban J connectivity index is 1.92. The SMILES string of the molecule is Cc1c(-c2ccccc2)nc2ccccc2c1C(=O)Nc1nccs1. The first kappa shape index (κ1) is 15.5. The first-order chi connectivity index (χ1) is 12.2. The summed E-state index contributed by atoms with van der Waals surface area (Å²) in [5.41, 5.74) is 4.12. The van der Waals surface area contributed by atoms with Crippen LogP contribution in [-0.4, -0.2) is 15.9 Å². The molecule has 0 aliphatic carbocycles. The number of hydrogen-bond donors (Lipinski definition) is 1. The number of aromatic nitrogens is 2. The maximum Gasteiger partial charge on any atom is 0.258 e. The summed E-state index contributed by atoms with van der Waals surface area (Å²) in [6, 6.07) is 17.6. The topological polar surface area (TPSA) is 54.9 Å². The zero-order valence-corrected chi connectivity index (χ0v) is 14.4. The Morgan fingerprint density at radius 3 is 2.56 bits per heavy atom. The summed E-state index contributed by atoms with van der Waals surface area (Å²) < 4.78 is 0. The molecule has 0 unspecified atom stereocenters. The van der Waals surface area contributed by atoms with Crippen molar-refractivity contribution in [2.24, 2.45) is 0 Å². The summed E-state index contributed by atoms with van der Waals surface area (Å²) in [6.07, 6.45) is 1.67. The number of amides is 1. The van der Waals surface area contributed by atoms with Gasteiger partial charge in [-0.15, -0.1) is 11.3 Å². The highest BCUT2D eigenvalue weighted by Crippen LogP contribution is 2.30. The van der Waals surface area contributed by atoms with E-state index in [9.17, 15) is 4.79 Å². The van der Waals surface area contributed by atoms with Crippen molar-refractivity contribution in [2.75, 3.05) is 5.32 Å². The number of para-hydroxylation sites is 1. The average Bonchev–Trinajstić information content (AvgIpc) is 3.14. The maximum atomic E-state index is 13.0. The number of anilines is 1. The molecule has 25 heavy (non-hydrogen) atoms. The van der Waals surface area contributed by atoms with E-state index in [-0.39, 0.29) is 5.91 Å². The lowest BCUT2D eigenvalue weighted by Gasteiger charge is -2.14. The van der Waals surface area contributed by atoms with Gasteiger partial charge in [0.15, 0.2) is 5.13 Å². The van der Waals surface area contributed by atoms with Gasteiger partial charge in [0.2, 0.25) is 0 Å². The molecule has 0 atom stereocenters. The summed E-state index contributed by atoms with van der Waals surface area (Å²) in [6.45, 7) is 1.94. The quantitative estimate of drug-likeness (QED) is 0.573. The molecular formula is C20H15N3OS. The Morgan fingerprint density at radius 1 is 1.04 bits per heavy atom. The van der Waals surface area contributed by atoms with Crippen molar-refractivity contribution in [3.05, 3.63) is 77.3 Å². The van der Waals surface area contributed by atoms with Crippen molar-refractivity contribution < 1.29 is 4.79 Å². The molecule has 0 fully saturated rings. The van der Waals surface area contributed by atoms with E-state index in [0.29, 0.717) is 10.7 Å². The largest absolute Gasteiger partial charge is 0.298 e. The van der Waals surface area contributed by atoms with Crippen molar-refractivity contribution >= 4 is 33.3 Å². The van der Waals surface area contributed by atoms with Crippen LogP contribution >= 0.6 is 11.3 Å². The molecule has 1 amide bonds. The van der Waals surface area contributed by atoms with Gasteiger partial charge in [-0.1, -0.05) is 48.5 Å². The minimum atomic E-state index is -0.164. The smallest absolute Gasteiger partial charge is 0.258 e. The fraction of sp³-hybridized carbons (Fsp3) is 0.0500. The number of benzene rings is 2. The molecule has 0 saturated heterocycles. The number of nitrogens with one attached hydrogen (secondary N) is 1.